The van der Waals surface area contributed by atoms with E-state index in [1.807, 2.05) is 0 Å². The summed E-state index contributed by atoms with van der Waals surface area (Å²) in [5, 5.41) is 3.43. The fraction of sp³-hybridized carbons (Fsp3) is 0.357. The first-order chi connectivity index (χ1) is 8.66. The number of rotatable bonds is 4. The van der Waals surface area contributed by atoms with Gasteiger partial charge in [-0.15, -0.1) is 0 Å². The number of hydrogen-bond donors (Lipinski definition) is 2. The average molecular weight is 265 g/mol. The number of benzene rings is 1. The van der Waals surface area contributed by atoms with Gasteiger partial charge in [0.05, 0.1) is 5.56 Å². The van der Waals surface area contributed by atoms with E-state index in [9.17, 15) is 4.79 Å². The number of carbonyl (C=O) groups excluding carboxylic acids is 1. The molecule has 1 amide bonds. The molecule has 0 saturated carbocycles. The topological polar surface area (TPSA) is 55.1 Å². The number of allylic oxidation sites excluding steroid dienone is 1. The summed E-state index contributed by atoms with van der Waals surface area (Å²) >= 11 is 5.79. The lowest BCUT2D eigenvalue weighted by atomic mass is 10.1. The molecular formula is C14H17ClN2O. The van der Waals surface area contributed by atoms with Crippen LogP contribution in [-0.4, -0.2) is 12.5 Å². The van der Waals surface area contributed by atoms with Crippen molar-refractivity contribution in [2.24, 2.45) is 0 Å². The first-order valence-electron chi connectivity index (χ1n) is 6.18. The third kappa shape index (κ3) is 3.26. The largest absolute Gasteiger partial charge is 0.398 e. The summed E-state index contributed by atoms with van der Waals surface area (Å²) in [6, 6.07) is 4.92. The molecule has 0 heterocycles. The number of amides is 1. The minimum Gasteiger partial charge on any atom is -0.398 e. The van der Waals surface area contributed by atoms with Crippen LogP contribution in [0, 0.1) is 0 Å². The van der Waals surface area contributed by atoms with Gasteiger partial charge in [0.1, 0.15) is 0 Å². The first-order valence-corrected chi connectivity index (χ1v) is 6.56. The number of nitrogens with one attached hydrogen (secondary N) is 1. The molecule has 3 N–H and O–H groups in total. The van der Waals surface area contributed by atoms with Crippen LogP contribution in [-0.2, 0) is 0 Å². The summed E-state index contributed by atoms with van der Waals surface area (Å²) in [5.74, 6) is -0.136. The second-order valence-electron chi connectivity index (χ2n) is 4.49. The fourth-order valence-electron chi connectivity index (χ4n) is 2.14. The van der Waals surface area contributed by atoms with Crippen molar-refractivity contribution in [1.29, 1.82) is 0 Å². The molecule has 96 valence electrons. The van der Waals surface area contributed by atoms with Crippen molar-refractivity contribution in [1.82, 2.24) is 5.32 Å². The molecule has 1 aliphatic carbocycles. The fourth-order valence-corrected chi connectivity index (χ4v) is 2.32. The van der Waals surface area contributed by atoms with Gasteiger partial charge in [-0.05, 0) is 43.9 Å². The van der Waals surface area contributed by atoms with E-state index in [0.29, 0.717) is 22.8 Å². The van der Waals surface area contributed by atoms with E-state index in [2.05, 4.69) is 11.4 Å². The summed E-state index contributed by atoms with van der Waals surface area (Å²) in [7, 11) is 0. The Hall–Kier alpha value is -1.48. The van der Waals surface area contributed by atoms with Gasteiger partial charge in [0, 0.05) is 17.3 Å². The molecule has 3 nitrogen and oxygen atoms in total. The molecule has 1 aliphatic rings. The second kappa shape index (κ2) is 5.91. The highest BCUT2D eigenvalue weighted by Gasteiger charge is 2.10. The highest BCUT2D eigenvalue weighted by molar-refractivity contribution is 6.31. The monoisotopic (exact) mass is 264 g/mol. The Kier molecular flexibility index (Phi) is 4.26. The van der Waals surface area contributed by atoms with E-state index in [-0.39, 0.29) is 5.91 Å². The second-order valence-corrected chi connectivity index (χ2v) is 4.93. The van der Waals surface area contributed by atoms with Gasteiger partial charge >= 0.3 is 0 Å². The smallest absolute Gasteiger partial charge is 0.253 e. The van der Waals surface area contributed by atoms with Crippen LogP contribution in [0.1, 0.15) is 36.0 Å². The summed E-state index contributed by atoms with van der Waals surface area (Å²) < 4.78 is 0. The Morgan fingerprint density at radius 1 is 1.44 bits per heavy atom. The van der Waals surface area contributed by atoms with Gasteiger partial charge in [0.25, 0.3) is 5.91 Å². The van der Waals surface area contributed by atoms with Gasteiger partial charge in [0.2, 0.25) is 0 Å². The molecule has 18 heavy (non-hydrogen) atoms. The zero-order valence-electron chi connectivity index (χ0n) is 10.2. The Morgan fingerprint density at radius 2 is 2.28 bits per heavy atom. The van der Waals surface area contributed by atoms with Crippen molar-refractivity contribution in [2.45, 2.75) is 25.7 Å². The van der Waals surface area contributed by atoms with Crippen molar-refractivity contribution in [3.8, 4) is 0 Å². The molecule has 0 spiro atoms. The van der Waals surface area contributed by atoms with Gasteiger partial charge in [-0.25, -0.2) is 0 Å². The molecule has 0 bridgehead atoms. The van der Waals surface area contributed by atoms with Crippen LogP contribution in [0.5, 0.6) is 0 Å². The standard InChI is InChI=1S/C14H17ClN2O/c15-11-5-6-12(13(16)9-11)14(18)17-8-7-10-3-1-2-4-10/h3,5-6,9H,1-2,4,7-8,16H2,(H,17,18). The molecule has 0 fully saturated rings. The van der Waals surface area contributed by atoms with Gasteiger partial charge < -0.3 is 11.1 Å². The lowest BCUT2D eigenvalue weighted by Gasteiger charge is -2.08. The molecule has 0 atom stereocenters. The minimum atomic E-state index is -0.136. The van der Waals surface area contributed by atoms with Crippen molar-refractivity contribution in [3.63, 3.8) is 0 Å². The van der Waals surface area contributed by atoms with Crippen molar-refractivity contribution in [2.75, 3.05) is 12.3 Å². The number of anilines is 1. The van der Waals surface area contributed by atoms with E-state index in [4.69, 9.17) is 17.3 Å². The number of carbonyl (C=O) groups is 1. The van der Waals surface area contributed by atoms with Crippen LogP contribution in [0.2, 0.25) is 5.02 Å². The molecule has 2 rings (SSSR count). The molecule has 0 saturated heterocycles. The van der Waals surface area contributed by atoms with Gasteiger partial charge in [0.15, 0.2) is 0 Å². The molecule has 1 aromatic rings. The van der Waals surface area contributed by atoms with Crippen LogP contribution < -0.4 is 11.1 Å². The maximum Gasteiger partial charge on any atom is 0.253 e. The number of nitrogen functional groups attached to an aromatic ring is 1. The average Bonchev–Trinajstić information content (AvgIpc) is 2.81. The third-order valence-corrected chi connectivity index (χ3v) is 3.36. The Morgan fingerprint density at radius 3 is 2.94 bits per heavy atom. The van der Waals surface area contributed by atoms with E-state index in [0.717, 1.165) is 6.42 Å². The molecule has 0 aliphatic heterocycles. The Balaban J connectivity index is 1.87. The summed E-state index contributed by atoms with van der Waals surface area (Å²) in [5.41, 5.74) is 8.11. The quantitative estimate of drug-likeness (QED) is 0.648. The Labute approximate surface area is 112 Å². The third-order valence-electron chi connectivity index (χ3n) is 3.12. The van der Waals surface area contributed by atoms with Crippen LogP contribution in [0.4, 0.5) is 5.69 Å². The molecule has 0 radical (unpaired) electrons. The maximum absolute atomic E-state index is 11.9. The molecule has 1 aromatic carbocycles. The predicted octanol–water partition coefficient (Wildman–Crippen LogP) is 3.15. The van der Waals surface area contributed by atoms with Crippen molar-refractivity contribution >= 4 is 23.2 Å². The molecule has 0 aromatic heterocycles. The summed E-state index contributed by atoms with van der Waals surface area (Å²) in [6.45, 7) is 0.659. The number of nitrogens with two attached hydrogens (primary N) is 1. The normalized spacial score (nSPS) is 14.4. The first kappa shape index (κ1) is 13.0. The Bertz CT molecular complexity index is 483. The molecule has 4 heteroatoms. The van der Waals surface area contributed by atoms with Crippen LogP contribution in [0.3, 0.4) is 0 Å². The predicted molar refractivity (Wildman–Crippen MR) is 74.7 cm³/mol. The molecule has 0 unspecified atom stereocenters. The number of halogens is 1. The zero-order valence-corrected chi connectivity index (χ0v) is 11.0. The van der Waals surface area contributed by atoms with E-state index in [1.165, 1.54) is 24.8 Å². The zero-order chi connectivity index (χ0) is 13.0. The van der Waals surface area contributed by atoms with E-state index < -0.39 is 0 Å². The van der Waals surface area contributed by atoms with Crippen LogP contribution in [0.25, 0.3) is 0 Å². The number of hydrogen-bond acceptors (Lipinski definition) is 2. The van der Waals surface area contributed by atoms with Crippen molar-refractivity contribution < 1.29 is 4.79 Å². The van der Waals surface area contributed by atoms with Crippen LogP contribution in [0.15, 0.2) is 29.8 Å². The van der Waals surface area contributed by atoms with Gasteiger partial charge in [-0.2, -0.15) is 0 Å². The molecular weight excluding hydrogens is 248 g/mol. The summed E-state index contributed by atoms with van der Waals surface area (Å²) in [4.78, 5) is 11.9. The lowest BCUT2D eigenvalue weighted by Crippen LogP contribution is -2.25. The SMILES string of the molecule is Nc1cc(Cl)ccc1C(=O)NCCC1=CCCC1. The minimum absolute atomic E-state index is 0.136. The highest BCUT2D eigenvalue weighted by Crippen LogP contribution is 2.20. The summed E-state index contributed by atoms with van der Waals surface area (Å²) in [6.07, 6.45) is 6.78. The lowest BCUT2D eigenvalue weighted by molar-refractivity contribution is 0.0955. The van der Waals surface area contributed by atoms with Crippen molar-refractivity contribution in [3.05, 3.63) is 40.4 Å². The van der Waals surface area contributed by atoms with Gasteiger partial charge in [-0.3, -0.25) is 4.79 Å². The van der Waals surface area contributed by atoms with Crippen LogP contribution >= 0.6 is 11.6 Å². The maximum atomic E-state index is 11.9. The van der Waals surface area contributed by atoms with E-state index >= 15 is 0 Å². The van der Waals surface area contributed by atoms with E-state index in [1.54, 1.807) is 18.2 Å². The van der Waals surface area contributed by atoms with Gasteiger partial charge in [-0.1, -0.05) is 23.3 Å². The highest BCUT2D eigenvalue weighted by atomic mass is 35.5.